The summed E-state index contributed by atoms with van der Waals surface area (Å²) < 4.78 is 50.4. The molecule has 0 saturated heterocycles. The summed E-state index contributed by atoms with van der Waals surface area (Å²) in [7, 11) is 3.19. The van der Waals surface area contributed by atoms with E-state index in [1.165, 1.54) is 17.0 Å². The highest BCUT2D eigenvalue weighted by Crippen LogP contribution is 2.29. The van der Waals surface area contributed by atoms with Crippen molar-refractivity contribution in [2.45, 2.75) is 19.1 Å². The van der Waals surface area contributed by atoms with Gasteiger partial charge in [-0.15, -0.1) is 24.0 Å². The average molecular weight is 490 g/mol. The zero-order valence-corrected chi connectivity index (χ0v) is 16.9. The molecule has 0 aliphatic carbocycles. The Morgan fingerprint density at radius 3 is 2.50 bits per heavy atom. The van der Waals surface area contributed by atoms with Gasteiger partial charge >= 0.3 is 6.18 Å². The van der Waals surface area contributed by atoms with Crippen LogP contribution in [0.5, 0.6) is 0 Å². The van der Waals surface area contributed by atoms with E-state index in [-0.39, 0.29) is 55.4 Å². The molecule has 1 aromatic carbocycles. The van der Waals surface area contributed by atoms with Crippen molar-refractivity contribution < 1.29 is 22.4 Å². The minimum atomic E-state index is -4.42. The van der Waals surface area contributed by atoms with Crippen molar-refractivity contribution in [2.75, 3.05) is 33.9 Å². The summed E-state index contributed by atoms with van der Waals surface area (Å²) in [6, 6.07) is 4.85. The molecule has 0 spiro atoms. The predicted molar refractivity (Wildman–Crippen MR) is 103 cm³/mol. The van der Waals surface area contributed by atoms with Gasteiger partial charge in [0, 0.05) is 20.6 Å². The Balaban J connectivity index is 0.00000625. The summed E-state index contributed by atoms with van der Waals surface area (Å²) in [5.74, 6) is 0.0418. The third kappa shape index (κ3) is 9.20. The van der Waals surface area contributed by atoms with Crippen molar-refractivity contribution in [1.29, 1.82) is 0 Å². The standard InChI is InChI=1S/C16H22F4N4O.HI/c1-24(2)14(25)11-23-15(21-8-4-7-17)22-10-12-5-3-6-13(9-12)16(18,19)20;/h3,5-6,9H,4,7-8,10-11H2,1-2H3,(H2,21,22,23);1H. The van der Waals surface area contributed by atoms with Gasteiger partial charge in [0.25, 0.3) is 0 Å². The molecule has 0 fully saturated rings. The lowest BCUT2D eigenvalue weighted by Crippen LogP contribution is -2.43. The van der Waals surface area contributed by atoms with Gasteiger partial charge in [-0.25, -0.2) is 4.99 Å². The number of amides is 1. The van der Waals surface area contributed by atoms with E-state index >= 15 is 0 Å². The first-order valence-corrected chi connectivity index (χ1v) is 7.68. The lowest BCUT2D eigenvalue weighted by molar-refractivity contribution is -0.137. The molecular formula is C16H23F4IN4O. The van der Waals surface area contributed by atoms with Gasteiger partial charge in [-0.05, 0) is 24.1 Å². The minimum Gasteiger partial charge on any atom is -0.356 e. The first-order chi connectivity index (χ1) is 11.7. The third-order valence-electron chi connectivity index (χ3n) is 3.18. The van der Waals surface area contributed by atoms with Crippen LogP contribution in [0.1, 0.15) is 17.5 Å². The second kappa shape index (κ2) is 11.9. The van der Waals surface area contributed by atoms with E-state index in [1.807, 2.05) is 0 Å². The number of likely N-dealkylation sites (N-methyl/N-ethyl adjacent to an activating group) is 1. The molecular weight excluding hydrogens is 467 g/mol. The molecule has 148 valence electrons. The number of benzene rings is 1. The SMILES string of the molecule is CN(C)C(=O)CNC(=NCc1cccc(C(F)(F)F)c1)NCCCF.I. The number of hydrogen-bond donors (Lipinski definition) is 2. The van der Waals surface area contributed by atoms with Gasteiger partial charge in [-0.1, -0.05) is 12.1 Å². The van der Waals surface area contributed by atoms with Crippen molar-refractivity contribution in [3.05, 3.63) is 35.4 Å². The van der Waals surface area contributed by atoms with Gasteiger partial charge in [0.05, 0.1) is 25.3 Å². The van der Waals surface area contributed by atoms with Gasteiger partial charge in [0.15, 0.2) is 5.96 Å². The second-order valence-corrected chi connectivity index (χ2v) is 5.47. The van der Waals surface area contributed by atoms with Gasteiger partial charge in [0.1, 0.15) is 0 Å². The van der Waals surface area contributed by atoms with Crippen LogP contribution in [-0.2, 0) is 17.5 Å². The first kappa shape index (κ1) is 24.4. The maximum atomic E-state index is 12.7. The number of carbonyl (C=O) groups is 1. The highest BCUT2D eigenvalue weighted by molar-refractivity contribution is 14.0. The smallest absolute Gasteiger partial charge is 0.356 e. The van der Waals surface area contributed by atoms with Crippen molar-refractivity contribution in [2.24, 2.45) is 4.99 Å². The van der Waals surface area contributed by atoms with Crippen LogP contribution in [-0.4, -0.2) is 50.6 Å². The van der Waals surface area contributed by atoms with Gasteiger partial charge in [0.2, 0.25) is 5.91 Å². The van der Waals surface area contributed by atoms with E-state index in [1.54, 1.807) is 14.1 Å². The molecule has 1 amide bonds. The molecule has 0 radical (unpaired) electrons. The van der Waals surface area contributed by atoms with Crippen LogP contribution in [0, 0.1) is 0 Å². The third-order valence-corrected chi connectivity index (χ3v) is 3.18. The molecule has 0 atom stereocenters. The molecule has 0 bridgehead atoms. The summed E-state index contributed by atoms with van der Waals surface area (Å²) in [6.45, 7) is -0.256. The average Bonchev–Trinajstić information content (AvgIpc) is 2.56. The van der Waals surface area contributed by atoms with E-state index < -0.39 is 18.4 Å². The van der Waals surface area contributed by atoms with Crippen LogP contribution < -0.4 is 10.6 Å². The second-order valence-electron chi connectivity index (χ2n) is 5.47. The van der Waals surface area contributed by atoms with Crippen LogP contribution in [0.4, 0.5) is 17.6 Å². The summed E-state index contributed by atoms with van der Waals surface area (Å²) >= 11 is 0. The lowest BCUT2D eigenvalue weighted by atomic mass is 10.1. The molecule has 0 aliphatic rings. The summed E-state index contributed by atoms with van der Waals surface area (Å²) in [5.41, 5.74) is -0.372. The van der Waals surface area contributed by atoms with E-state index in [9.17, 15) is 22.4 Å². The Morgan fingerprint density at radius 1 is 1.23 bits per heavy atom. The Kier molecular flexibility index (Phi) is 11.2. The highest BCUT2D eigenvalue weighted by Gasteiger charge is 2.30. The van der Waals surface area contributed by atoms with Crippen LogP contribution in [0.2, 0.25) is 0 Å². The maximum Gasteiger partial charge on any atom is 0.416 e. The summed E-state index contributed by atoms with van der Waals surface area (Å²) in [5, 5.41) is 5.61. The van der Waals surface area contributed by atoms with Gasteiger partial charge in [-0.3, -0.25) is 9.18 Å². The number of halogens is 5. The zero-order valence-electron chi connectivity index (χ0n) is 14.6. The van der Waals surface area contributed by atoms with E-state index in [0.29, 0.717) is 12.1 Å². The first-order valence-electron chi connectivity index (χ1n) is 7.68. The molecule has 5 nitrogen and oxygen atoms in total. The van der Waals surface area contributed by atoms with E-state index in [0.717, 1.165) is 12.1 Å². The van der Waals surface area contributed by atoms with Crippen LogP contribution in [0.25, 0.3) is 0 Å². The fourth-order valence-electron chi connectivity index (χ4n) is 1.78. The molecule has 26 heavy (non-hydrogen) atoms. The van der Waals surface area contributed by atoms with Gasteiger partial charge < -0.3 is 15.5 Å². The highest BCUT2D eigenvalue weighted by atomic mass is 127. The topological polar surface area (TPSA) is 56.7 Å². The Labute approximate surface area is 167 Å². The van der Waals surface area contributed by atoms with Crippen molar-refractivity contribution in [3.63, 3.8) is 0 Å². The molecule has 2 N–H and O–H groups in total. The number of rotatable bonds is 7. The number of aliphatic imine (C=N–C) groups is 1. The molecule has 10 heteroatoms. The Morgan fingerprint density at radius 2 is 1.92 bits per heavy atom. The van der Waals surface area contributed by atoms with Crippen molar-refractivity contribution >= 4 is 35.8 Å². The largest absolute Gasteiger partial charge is 0.416 e. The number of alkyl halides is 4. The fourth-order valence-corrected chi connectivity index (χ4v) is 1.78. The number of hydrogen-bond acceptors (Lipinski definition) is 2. The quantitative estimate of drug-likeness (QED) is 0.203. The number of guanidine groups is 1. The Bertz CT molecular complexity index is 594. The summed E-state index contributed by atoms with van der Waals surface area (Å²) in [6.07, 6.45) is -4.16. The Hall–Kier alpha value is -1.59. The molecule has 0 aromatic heterocycles. The zero-order chi connectivity index (χ0) is 18.9. The van der Waals surface area contributed by atoms with Crippen LogP contribution in [0.15, 0.2) is 29.3 Å². The summed E-state index contributed by atoms with van der Waals surface area (Å²) in [4.78, 5) is 17.1. The molecule has 0 unspecified atom stereocenters. The van der Waals surface area contributed by atoms with Crippen LogP contribution >= 0.6 is 24.0 Å². The normalized spacial score (nSPS) is 11.5. The van der Waals surface area contributed by atoms with Gasteiger partial charge in [-0.2, -0.15) is 13.2 Å². The van der Waals surface area contributed by atoms with E-state index in [2.05, 4.69) is 15.6 Å². The van der Waals surface area contributed by atoms with Crippen molar-refractivity contribution in [1.82, 2.24) is 15.5 Å². The maximum absolute atomic E-state index is 12.7. The molecule has 1 aromatic rings. The molecule has 1 rings (SSSR count). The number of nitrogens with zero attached hydrogens (tertiary/aromatic N) is 2. The monoisotopic (exact) mass is 490 g/mol. The predicted octanol–water partition coefficient (Wildman–Crippen LogP) is 2.81. The van der Waals surface area contributed by atoms with E-state index in [4.69, 9.17) is 0 Å². The number of carbonyl (C=O) groups excluding carboxylic acids is 1. The number of nitrogens with one attached hydrogen (secondary N) is 2. The molecule has 0 aliphatic heterocycles. The molecule has 0 saturated carbocycles. The minimum absolute atomic E-state index is 0. The van der Waals surface area contributed by atoms with Crippen molar-refractivity contribution in [3.8, 4) is 0 Å². The lowest BCUT2D eigenvalue weighted by Gasteiger charge is -2.15. The van der Waals surface area contributed by atoms with Crippen LogP contribution in [0.3, 0.4) is 0 Å². The fraction of sp³-hybridized carbons (Fsp3) is 0.500. The molecule has 0 heterocycles.